The number of carbonyl (C=O) groups excluding carboxylic acids is 1. The molecule has 8 heteroatoms. The van der Waals surface area contributed by atoms with Crippen LogP contribution >= 0.6 is 9.24 Å². The van der Waals surface area contributed by atoms with Gasteiger partial charge in [-0.25, -0.2) is 9.95 Å². The van der Waals surface area contributed by atoms with E-state index in [4.69, 9.17) is 13.0 Å². The Morgan fingerprint density at radius 2 is 1.00 bits per heavy atom. The molecule has 2 heterocycles. The average molecular weight is 1080 g/mol. The first-order valence-electron chi connectivity index (χ1n) is 22.1. The number of aliphatic hydroxyl groups excluding tert-OH is 1. The Morgan fingerprint density at radius 1 is 0.574 bits per heavy atom. The molecule has 68 heavy (non-hydrogen) atoms. The number of carbonyl (C=O) groups is 1. The Kier molecular flexibility index (Phi) is 16.1. The molecule has 337 valence electrons. The summed E-state index contributed by atoms with van der Waals surface area (Å²) in [5.41, 5.74) is 13.9. The normalized spacial score (nSPS) is 11.0. The Morgan fingerprint density at radius 3 is 1.40 bits per heavy atom. The van der Waals surface area contributed by atoms with Crippen LogP contribution in [0.5, 0.6) is 0 Å². The number of nitrogens with zero attached hydrogens (tertiary/aromatic N) is 2. The largest absolute Gasteiger partial charge is 0.512 e. The minimum Gasteiger partial charge on any atom is -0.512 e. The number of rotatable bonds is 5. The van der Waals surface area contributed by atoms with Gasteiger partial charge in [-0.05, 0) is 79.6 Å². The third kappa shape index (κ3) is 10.6. The molecule has 2 aromatic heterocycles. The van der Waals surface area contributed by atoms with Crippen molar-refractivity contribution in [2.45, 2.75) is 27.7 Å². The molecule has 11 aromatic rings. The van der Waals surface area contributed by atoms with E-state index >= 15 is 0 Å². The number of para-hydroxylation sites is 4. The molecule has 1 unspecified atom stereocenters. The van der Waals surface area contributed by atoms with Gasteiger partial charge in [0.25, 0.3) is 0 Å². The molecule has 9 aromatic carbocycles. The summed E-state index contributed by atoms with van der Waals surface area (Å²) < 4.78 is 18.4. The van der Waals surface area contributed by atoms with Gasteiger partial charge in [-0.2, -0.15) is 29.3 Å². The number of fused-ring (bicyclic) bond motifs is 7. The number of halogens is 1. The number of benzene rings is 9. The van der Waals surface area contributed by atoms with Gasteiger partial charge in [0.1, 0.15) is 0 Å². The Bertz CT molecular complexity index is 3290. The fourth-order valence-electron chi connectivity index (χ4n) is 8.57. The van der Waals surface area contributed by atoms with Gasteiger partial charge in [-0.1, -0.05) is 128 Å². The molecule has 0 aliphatic rings. The summed E-state index contributed by atoms with van der Waals surface area (Å²) in [6.07, 6.45) is 1.17. The number of hydrogen-bond donors (Lipinski definition) is 1. The van der Waals surface area contributed by atoms with Gasteiger partial charge in [0.2, 0.25) is 0 Å². The van der Waals surface area contributed by atoms with Crippen LogP contribution in [-0.2, 0) is 24.9 Å². The summed E-state index contributed by atoms with van der Waals surface area (Å²) in [6, 6.07) is 72.6. The van der Waals surface area contributed by atoms with Gasteiger partial charge in [0.05, 0.1) is 41.5 Å². The Labute approximate surface area is 414 Å². The minimum absolute atomic E-state index is 0. The second-order valence-corrected chi connectivity index (χ2v) is 16.7. The zero-order chi connectivity index (χ0) is 47.0. The first kappa shape index (κ1) is 49.0. The molecule has 4 nitrogen and oxygen atoms in total. The van der Waals surface area contributed by atoms with E-state index in [9.17, 15) is 9.18 Å². The van der Waals surface area contributed by atoms with E-state index in [0.717, 1.165) is 27.6 Å². The summed E-state index contributed by atoms with van der Waals surface area (Å²) in [6.45, 7) is 6.92. The third-order valence-corrected chi connectivity index (χ3v) is 11.5. The van der Waals surface area contributed by atoms with Crippen LogP contribution in [0.2, 0.25) is 0 Å². The maximum absolute atomic E-state index is 13.6. The van der Waals surface area contributed by atoms with Gasteiger partial charge >= 0.3 is 0 Å². The number of aromatic nitrogens is 2. The molecule has 3 radical (unpaired) electrons. The molecule has 0 aliphatic heterocycles. The van der Waals surface area contributed by atoms with E-state index in [-0.39, 0.29) is 37.5 Å². The number of hydrogen-bond acceptors (Lipinski definition) is 2. The van der Waals surface area contributed by atoms with Gasteiger partial charge in [0, 0.05) is 59.1 Å². The monoisotopic (exact) mass is 1080 g/mol. The molecule has 0 amide bonds. The van der Waals surface area contributed by atoms with Crippen LogP contribution < -0.4 is 0 Å². The molecule has 0 bridgehead atoms. The van der Waals surface area contributed by atoms with E-state index in [1.54, 1.807) is 6.07 Å². The van der Waals surface area contributed by atoms with Crippen molar-refractivity contribution in [3.63, 3.8) is 0 Å². The fourth-order valence-corrected chi connectivity index (χ4v) is 8.57. The summed E-state index contributed by atoms with van der Waals surface area (Å²) in [5.74, 6) is -0.266. The van der Waals surface area contributed by atoms with E-state index in [2.05, 4.69) is 189 Å². The smallest absolute Gasteiger partial charge is 0.155 e. The third-order valence-electron chi connectivity index (χ3n) is 11.5. The molecule has 0 fully saturated rings. The molecule has 1 N–H and O–H groups in total. The van der Waals surface area contributed by atoms with E-state index in [1.807, 2.05) is 31.2 Å². The maximum Gasteiger partial charge on any atom is 0.155 e. The van der Waals surface area contributed by atoms with E-state index in [1.165, 1.54) is 92.1 Å². The topological polar surface area (TPSA) is 47.2 Å². The predicted octanol–water partition coefficient (Wildman–Crippen LogP) is 15.4. The Hall–Kier alpha value is -6.88. The van der Waals surface area contributed by atoms with Gasteiger partial charge in [-0.15, -0.1) is 44.5 Å². The summed E-state index contributed by atoms with van der Waals surface area (Å²) in [4.78, 5) is 10.0. The van der Waals surface area contributed by atoms with Crippen molar-refractivity contribution in [2.75, 3.05) is 6.06 Å². The molecular weight excluding hydrogens is 1030 g/mol. The van der Waals surface area contributed by atoms with Crippen LogP contribution in [0.1, 0.15) is 25.0 Å². The standard InChI is InChI=1S/C36H24N2.C18H13F.C5H8O2.CH4BP.Ir/c1-5-13-33-29(9-1)30-10-2-6-14-34(30)37(33)27-21-17-25(18-22-27)26-19-23-28(24-20-26)38-35-15-7-3-11-31(35)32-12-4-8-16-36(32)38;1-12-6-7-13(2)17(10-12)15-8-9-16-14(11-15)4-3-5-18(16)19;1-4(6)3-5(2)7;2-1-3;/h1-24H;3-9H,1-2H3;3,6H,1-2H3;1,3H2;/q;-2;;;. The second-order valence-electron chi connectivity index (χ2n) is 16.2. The first-order chi connectivity index (χ1) is 32.6. The molecule has 11 rings (SSSR count). The van der Waals surface area contributed by atoms with Crippen LogP contribution in [0.15, 0.2) is 200 Å². The van der Waals surface area contributed by atoms with Crippen LogP contribution in [-0.4, -0.2) is 33.9 Å². The SMILES string of the molecule is CC(=O)C=C(C)O.Cc1[c-]c(-c2[c-]c3cccc(F)c3cc2)c(C)cc1.[B]CP.[Ir].c1ccc2c(c1)c1ccccc1n2-c1ccc(-c2ccc(-n3c4ccccc4c4ccccc43)cc2)cc1. The number of aryl methyl sites for hydroxylation is 2. The summed E-state index contributed by atoms with van der Waals surface area (Å²) in [7, 11) is 7.17. The molecular formula is C60H49BFIrN2O2P-2. The molecule has 1 atom stereocenters. The number of ketones is 1. The Balaban J connectivity index is 0.000000190. The van der Waals surface area contributed by atoms with E-state index < -0.39 is 0 Å². The first-order valence-corrected chi connectivity index (χ1v) is 22.9. The fraction of sp³-hybridized carbons (Fsp3) is 0.0833. The van der Waals surface area contributed by atoms with Crippen molar-refractivity contribution in [1.82, 2.24) is 9.13 Å². The molecule has 0 saturated heterocycles. The van der Waals surface area contributed by atoms with Crippen LogP contribution in [0.3, 0.4) is 0 Å². The quantitative estimate of drug-likeness (QED) is 0.0614. The predicted molar refractivity (Wildman–Crippen MR) is 284 cm³/mol. The van der Waals surface area contributed by atoms with Crippen LogP contribution in [0, 0.1) is 31.8 Å². The number of aliphatic hydroxyl groups is 1. The summed E-state index contributed by atoms with van der Waals surface area (Å²) >= 11 is 0. The molecule has 0 saturated carbocycles. The van der Waals surface area contributed by atoms with Crippen LogP contribution in [0.25, 0.3) is 88.0 Å². The minimum atomic E-state index is -0.203. The van der Waals surface area contributed by atoms with Crippen molar-refractivity contribution in [2.24, 2.45) is 0 Å². The molecule has 0 spiro atoms. The average Bonchev–Trinajstić information content (AvgIpc) is 3.86. The zero-order valence-corrected chi connectivity index (χ0v) is 41.8. The van der Waals surface area contributed by atoms with E-state index in [0.29, 0.717) is 11.4 Å². The van der Waals surface area contributed by atoms with Gasteiger partial charge < -0.3 is 14.2 Å². The van der Waals surface area contributed by atoms with Crippen molar-refractivity contribution in [1.29, 1.82) is 0 Å². The van der Waals surface area contributed by atoms with Crippen molar-refractivity contribution < 1.29 is 34.4 Å². The summed E-state index contributed by atoms with van der Waals surface area (Å²) in [5, 5.41) is 14.9. The molecule has 0 aliphatic carbocycles. The van der Waals surface area contributed by atoms with Crippen molar-refractivity contribution in [3.8, 4) is 33.6 Å². The van der Waals surface area contributed by atoms with Gasteiger partial charge in [-0.3, -0.25) is 4.79 Å². The zero-order valence-electron chi connectivity index (χ0n) is 38.3. The van der Waals surface area contributed by atoms with Crippen molar-refractivity contribution in [3.05, 3.63) is 229 Å². The number of allylic oxidation sites excluding steroid dienone is 2. The second kappa shape index (κ2) is 22.3. The van der Waals surface area contributed by atoms with Gasteiger partial charge in [0.15, 0.2) is 5.78 Å². The maximum atomic E-state index is 13.6. The van der Waals surface area contributed by atoms with Crippen molar-refractivity contribution >= 4 is 77.3 Å². The van der Waals surface area contributed by atoms with Crippen LogP contribution in [0.4, 0.5) is 4.39 Å².